The molecule has 1 saturated carbocycles. The highest BCUT2D eigenvalue weighted by atomic mass is 16.2. The Morgan fingerprint density at radius 3 is 2.53 bits per heavy atom. The van der Waals surface area contributed by atoms with Crippen LogP contribution in [0.3, 0.4) is 0 Å². The van der Waals surface area contributed by atoms with Crippen LogP contribution in [-0.4, -0.2) is 43.2 Å². The van der Waals surface area contributed by atoms with Gasteiger partial charge in [0.25, 0.3) is 0 Å². The van der Waals surface area contributed by atoms with E-state index in [0.29, 0.717) is 12.0 Å². The molecule has 0 aromatic rings. The molecule has 0 aromatic heterocycles. The Labute approximate surface area is 104 Å². The average Bonchev–Trinajstić information content (AvgIpc) is 3.12. The third-order valence-corrected chi connectivity index (χ3v) is 3.71. The minimum atomic E-state index is 0.0310. The summed E-state index contributed by atoms with van der Waals surface area (Å²) in [7, 11) is 0. The zero-order valence-electron chi connectivity index (χ0n) is 10.9. The summed E-state index contributed by atoms with van der Waals surface area (Å²) in [6.45, 7) is 6.70. The van der Waals surface area contributed by atoms with Crippen molar-refractivity contribution in [2.45, 2.75) is 45.1 Å². The number of amides is 2. The molecule has 2 rings (SSSR count). The van der Waals surface area contributed by atoms with E-state index in [0.717, 1.165) is 19.4 Å². The minimum Gasteiger partial charge on any atom is -0.338 e. The van der Waals surface area contributed by atoms with Gasteiger partial charge in [-0.25, -0.2) is 4.79 Å². The average molecular weight is 239 g/mol. The van der Waals surface area contributed by atoms with Gasteiger partial charge in [-0.15, -0.1) is 0 Å². The SMILES string of the molecule is CCCN1CCC(CNC(=O)NC2CC2)CC1. The number of rotatable bonds is 5. The first-order valence-electron chi connectivity index (χ1n) is 7.04. The monoisotopic (exact) mass is 239 g/mol. The Bertz CT molecular complexity index is 245. The smallest absolute Gasteiger partial charge is 0.315 e. The van der Waals surface area contributed by atoms with E-state index in [-0.39, 0.29) is 6.03 Å². The highest BCUT2D eigenvalue weighted by molar-refractivity contribution is 5.74. The van der Waals surface area contributed by atoms with Crippen molar-refractivity contribution in [3.05, 3.63) is 0 Å². The van der Waals surface area contributed by atoms with Crippen LogP contribution in [0, 0.1) is 5.92 Å². The van der Waals surface area contributed by atoms with E-state index in [2.05, 4.69) is 22.5 Å². The van der Waals surface area contributed by atoms with E-state index in [1.165, 1.54) is 38.9 Å². The molecular formula is C13H25N3O. The lowest BCUT2D eigenvalue weighted by Crippen LogP contribution is -2.42. The molecule has 0 atom stereocenters. The van der Waals surface area contributed by atoms with Crippen molar-refractivity contribution in [2.24, 2.45) is 5.92 Å². The van der Waals surface area contributed by atoms with Gasteiger partial charge in [0.1, 0.15) is 0 Å². The van der Waals surface area contributed by atoms with E-state index in [9.17, 15) is 4.79 Å². The van der Waals surface area contributed by atoms with E-state index in [1.54, 1.807) is 0 Å². The summed E-state index contributed by atoms with van der Waals surface area (Å²) < 4.78 is 0. The van der Waals surface area contributed by atoms with E-state index < -0.39 is 0 Å². The van der Waals surface area contributed by atoms with Crippen LogP contribution in [0.4, 0.5) is 4.79 Å². The predicted octanol–water partition coefficient (Wildman–Crippen LogP) is 1.57. The largest absolute Gasteiger partial charge is 0.338 e. The molecule has 0 spiro atoms. The number of hydrogen-bond acceptors (Lipinski definition) is 2. The zero-order valence-corrected chi connectivity index (χ0v) is 10.9. The van der Waals surface area contributed by atoms with E-state index in [4.69, 9.17) is 0 Å². The number of likely N-dealkylation sites (tertiary alicyclic amines) is 1. The Morgan fingerprint density at radius 2 is 1.94 bits per heavy atom. The Morgan fingerprint density at radius 1 is 1.24 bits per heavy atom. The van der Waals surface area contributed by atoms with Crippen LogP contribution in [-0.2, 0) is 0 Å². The number of nitrogens with zero attached hydrogens (tertiary/aromatic N) is 1. The molecule has 0 bridgehead atoms. The molecule has 17 heavy (non-hydrogen) atoms. The summed E-state index contributed by atoms with van der Waals surface area (Å²) in [6, 6.07) is 0.491. The standard InChI is InChI=1S/C13H25N3O/c1-2-7-16-8-5-11(6-9-16)10-14-13(17)15-12-3-4-12/h11-12H,2-10H2,1H3,(H2,14,15,17). The summed E-state index contributed by atoms with van der Waals surface area (Å²) in [4.78, 5) is 14.0. The molecule has 2 N–H and O–H groups in total. The Hall–Kier alpha value is -0.770. The lowest BCUT2D eigenvalue weighted by molar-refractivity contribution is 0.181. The van der Waals surface area contributed by atoms with Crippen molar-refractivity contribution in [1.82, 2.24) is 15.5 Å². The molecular weight excluding hydrogens is 214 g/mol. The second kappa shape index (κ2) is 6.24. The first kappa shape index (κ1) is 12.7. The van der Waals surface area contributed by atoms with Crippen molar-refractivity contribution in [3.8, 4) is 0 Å². The van der Waals surface area contributed by atoms with Crippen LogP contribution in [0.1, 0.15) is 39.0 Å². The number of urea groups is 1. The molecule has 0 radical (unpaired) electrons. The predicted molar refractivity (Wildman–Crippen MR) is 69.0 cm³/mol. The number of hydrogen-bond donors (Lipinski definition) is 2. The molecule has 2 aliphatic rings. The summed E-state index contributed by atoms with van der Waals surface area (Å²) in [5.74, 6) is 0.674. The molecule has 0 aromatic carbocycles. The normalized spacial score (nSPS) is 22.4. The fourth-order valence-corrected chi connectivity index (χ4v) is 2.43. The van der Waals surface area contributed by atoms with Crippen LogP contribution in [0.5, 0.6) is 0 Å². The lowest BCUT2D eigenvalue weighted by atomic mass is 9.97. The number of piperidine rings is 1. The molecule has 2 amide bonds. The molecule has 1 aliphatic heterocycles. The van der Waals surface area contributed by atoms with E-state index in [1.807, 2.05) is 0 Å². The van der Waals surface area contributed by atoms with Crippen molar-refractivity contribution < 1.29 is 4.79 Å². The van der Waals surface area contributed by atoms with Gasteiger partial charge in [-0.2, -0.15) is 0 Å². The van der Waals surface area contributed by atoms with Crippen LogP contribution >= 0.6 is 0 Å². The third-order valence-electron chi connectivity index (χ3n) is 3.71. The van der Waals surface area contributed by atoms with Crippen molar-refractivity contribution in [3.63, 3.8) is 0 Å². The van der Waals surface area contributed by atoms with Crippen LogP contribution in [0.2, 0.25) is 0 Å². The summed E-state index contributed by atoms with van der Waals surface area (Å²) in [5.41, 5.74) is 0. The van der Waals surface area contributed by atoms with Crippen LogP contribution in [0.25, 0.3) is 0 Å². The first-order chi connectivity index (χ1) is 8.28. The maximum atomic E-state index is 11.5. The molecule has 1 aliphatic carbocycles. The van der Waals surface area contributed by atoms with Crippen molar-refractivity contribution in [2.75, 3.05) is 26.2 Å². The molecule has 2 fully saturated rings. The molecule has 4 heteroatoms. The highest BCUT2D eigenvalue weighted by Crippen LogP contribution is 2.19. The molecule has 1 heterocycles. The summed E-state index contributed by atoms with van der Waals surface area (Å²) in [5, 5.41) is 5.96. The molecule has 98 valence electrons. The molecule has 4 nitrogen and oxygen atoms in total. The maximum absolute atomic E-state index is 11.5. The second-order valence-corrected chi connectivity index (χ2v) is 5.41. The number of nitrogens with one attached hydrogen (secondary N) is 2. The van der Waals surface area contributed by atoms with Gasteiger partial charge in [-0.3, -0.25) is 0 Å². The molecule has 1 saturated heterocycles. The third kappa shape index (κ3) is 4.54. The van der Waals surface area contributed by atoms with Gasteiger partial charge in [0.05, 0.1) is 0 Å². The summed E-state index contributed by atoms with van der Waals surface area (Å²) >= 11 is 0. The number of carbonyl (C=O) groups is 1. The van der Waals surface area contributed by atoms with Gasteiger partial charge in [0.2, 0.25) is 0 Å². The fraction of sp³-hybridized carbons (Fsp3) is 0.923. The second-order valence-electron chi connectivity index (χ2n) is 5.41. The number of carbonyl (C=O) groups excluding carboxylic acids is 1. The minimum absolute atomic E-state index is 0.0310. The quantitative estimate of drug-likeness (QED) is 0.765. The van der Waals surface area contributed by atoms with Gasteiger partial charge in [-0.05, 0) is 57.7 Å². The van der Waals surface area contributed by atoms with Gasteiger partial charge in [0.15, 0.2) is 0 Å². The Balaban J connectivity index is 1.55. The van der Waals surface area contributed by atoms with Crippen LogP contribution < -0.4 is 10.6 Å². The zero-order chi connectivity index (χ0) is 12.1. The topological polar surface area (TPSA) is 44.4 Å². The highest BCUT2D eigenvalue weighted by Gasteiger charge is 2.24. The van der Waals surface area contributed by atoms with Crippen molar-refractivity contribution in [1.29, 1.82) is 0 Å². The maximum Gasteiger partial charge on any atom is 0.315 e. The molecule has 0 unspecified atom stereocenters. The van der Waals surface area contributed by atoms with Crippen LogP contribution in [0.15, 0.2) is 0 Å². The van der Waals surface area contributed by atoms with Gasteiger partial charge < -0.3 is 15.5 Å². The van der Waals surface area contributed by atoms with Gasteiger partial charge in [0, 0.05) is 12.6 Å². The Kier molecular flexibility index (Phi) is 4.66. The van der Waals surface area contributed by atoms with Gasteiger partial charge in [-0.1, -0.05) is 6.92 Å². The van der Waals surface area contributed by atoms with Crippen molar-refractivity contribution >= 4 is 6.03 Å². The van der Waals surface area contributed by atoms with Gasteiger partial charge >= 0.3 is 6.03 Å². The van der Waals surface area contributed by atoms with E-state index >= 15 is 0 Å². The fourth-order valence-electron chi connectivity index (χ4n) is 2.43. The lowest BCUT2D eigenvalue weighted by Gasteiger charge is -2.31. The summed E-state index contributed by atoms with van der Waals surface area (Å²) in [6.07, 6.45) is 6.01. The first-order valence-corrected chi connectivity index (χ1v) is 7.04.